The van der Waals surface area contributed by atoms with E-state index in [1.54, 1.807) is 32.0 Å². The molecule has 2 aliphatic heterocycles. The molecule has 0 bridgehead atoms. The number of benzene rings is 2. The fourth-order valence-electron chi connectivity index (χ4n) is 5.51. The third-order valence-electron chi connectivity index (χ3n) is 7.80. The van der Waals surface area contributed by atoms with Crippen molar-refractivity contribution in [2.45, 2.75) is 56.0 Å². The fourth-order valence-corrected chi connectivity index (χ4v) is 7.13. The molecule has 0 radical (unpaired) electrons. The molecule has 3 aromatic rings. The highest BCUT2D eigenvalue weighted by atomic mass is 32.2. The Morgan fingerprint density at radius 2 is 1.79 bits per heavy atom. The van der Waals surface area contributed by atoms with Gasteiger partial charge in [-0.15, -0.1) is 0 Å². The Balaban J connectivity index is 1.44. The maximum Gasteiger partial charge on any atom is 0.258 e. The van der Waals surface area contributed by atoms with Crippen LogP contribution in [0.3, 0.4) is 0 Å². The Labute approximate surface area is 249 Å². The van der Waals surface area contributed by atoms with Gasteiger partial charge in [0.1, 0.15) is 11.6 Å². The largest absolute Gasteiger partial charge is 0.378 e. The van der Waals surface area contributed by atoms with Gasteiger partial charge in [-0.2, -0.15) is 9.40 Å². The molecule has 2 aliphatic rings. The standard InChI is InChI=1S/C29H35F2N7O4S/c1-29(2)16-38(43(41,42)20-12-17(30)11-18(31)13-20)15-22-25(29)35-36-26(22)34-27(39)21-9-8-19(37(3)4)14-24(21)33-28(40)23-7-5-6-10-32-23/h8-9,11-14,23,32H,5-7,10,15-16H2,1-4H3,(H,33,40)(H2,34,35,36,39). The molecule has 0 saturated carbocycles. The SMILES string of the molecule is CN(C)c1ccc(C(=O)Nc2n[nH]c3c2CN(S(=O)(=O)c2cc(F)cc(F)c2)CC3(C)C)c(NC(=O)C2CCCCN2)c1. The van der Waals surface area contributed by atoms with Crippen molar-refractivity contribution < 1.29 is 26.8 Å². The van der Waals surface area contributed by atoms with E-state index in [0.717, 1.165) is 41.5 Å². The van der Waals surface area contributed by atoms with Gasteiger partial charge in [-0.1, -0.05) is 20.3 Å². The molecule has 14 heteroatoms. The van der Waals surface area contributed by atoms with Crippen molar-refractivity contribution in [1.82, 2.24) is 19.8 Å². The first-order chi connectivity index (χ1) is 20.3. The maximum atomic E-state index is 13.9. The van der Waals surface area contributed by atoms with Gasteiger partial charge >= 0.3 is 0 Å². The summed E-state index contributed by atoms with van der Waals surface area (Å²) in [5.74, 6) is -2.69. The van der Waals surface area contributed by atoms with Gasteiger partial charge in [0.05, 0.1) is 22.2 Å². The lowest BCUT2D eigenvalue weighted by Crippen LogP contribution is -2.45. The molecule has 43 heavy (non-hydrogen) atoms. The quantitative estimate of drug-likeness (QED) is 0.319. The number of carbonyl (C=O) groups excluding carboxylic acids is 2. The van der Waals surface area contributed by atoms with Gasteiger partial charge in [0, 0.05) is 55.6 Å². The Morgan fingerprint density at radius 3 is 2.44 bits per heavy atom. The van der Waals surface area contributed by atoms with Crippen molar-refractivity contribution in [3.63, 3.8) is 0 Å². The molecule has 0 spiro atoms. The van der Waals surface area contributed by atoms with Gasteiger partial charge in [0.25, 0.3) is 5.91 Å². The summed E-state index contributed by atoms with van der Waals surface area (Å²) in [4.78, 5) is 28.0. The first-order valence-electron chi connectivity index (χ1n) is 14.0. The second-order valence-electron chi connectivity index (χ2n) is 11.8. The molecular formula is C29H35F2N7O4S. The lowest BCUT2D eigenvalue weighted by atomic mass is 9.84. The van der Waals surface area contributed by atoms with Crippen molar-refractivity contribution in [3.8, 4) is 0 Å². The number of nitrogens with one attached hydrogen (secondary N) is 4. The summed E-state index contributed by atoms with van der Waals surface area (Å²) in [6.07, 6.45) is 2.62. The average Bonchev–Trinajstić information content (AvgIpc) is 3.36. The number of halogens is 2. The molecule has 2 amide bonds. The lowest BCUT2D eigenvalue weighted by Gasteiger charge is -2.36. The van der Waals surface area contributed by atoms with E-state index in [1.165, 1.54) is 0 Å². The summed E-state index contributed by atoms with van der Waals surface area (Å²) in [7, 11) is -0.606. The zero-order valence-electron chi connectivity index (χ0n) is 24.4. The number of amides is 2. The van der Waals surface area contributed by atoms with Crippen molar-refractivity contribution in [2.75, 3.05) is 42.7 Å². The van der Waals surface area contributed by atoms with Gasteiger partial charge in [0.2, 0.25) is 15.9 Å². The number of aromatic nitrogens is 2. The molecule has 0 aliphatic carbocycles. The minimum Gasteiger partial charge on any atom is -0.378 e. The van der Waals surface area contributed by atoms with Gasteiger partial charge in [-0.25, -0.2) is 17.2 Å². The van der Waals surface area contributed by atoms with E-state index in [0.29, 0.717) is 29.4 Å². The summed E-state index contributed by atoms with van der Waals surface area (Å²) >= 11 is 0. The van der Waals surface area contributed by atoms with Crippen LogP contribution in [0.1, 0.15) is 54.7 Å². The number of rotatable bonds is 7. The number of fused-ring (bicyclic) bond motifs is 1. The third-order valence-corrected chi connectivity index (χ3v) is 9.57. The topological polar surface area (TPSA) is 140 Å². The molecule has 4 N–H and O–H groups in total. The average molecular weight is 616 g/mol. The molecule has 1 aromatic heterocycles. The number of anilines is 3. The molecule has 1 atom stereocenters. The normalized spacial score (nSPS) is 18.5. The van der Waals surface area contributed by atoms with Crippen LogP contribution >= 0.6 is 0 Å². The Morgan fingerprint density at radius 1 is 1.07 bits per heavy atom. The minimum absolute atomic E-state index is 0.00737. The number of piperidine rings is 1. The fraction of sp³-hybridized carbons (Fsp3) is 0.414. The van der Waals surface area contributed by atoms with Crippen LogP contribution in [0.4, 0.5) is 26.0 Å². The van der Waals surface area contributed by atoms with E-state index < -0.39 is 37.9 Å². The number of sulfonamides is 1. The molecule has 2 aromatic carbocycles. The van der Waals surface area contributed by atoms with Crippen LogP contribution in [-0.2, 0) is 26.8 Å². The number of hydrogen-bond donors (Lipinski definition) is 4. The highest BCUT2D eigenvalue weighted by Gasteiger charge is 2.41. The smallest absolute Gasteiger partial charge is 0.258 e. The van der Waals surface area contributed by atoms with Crippen LogP contribution in [0.25, 0.3) is 0 Å². The zero-order valence-corrected chi connectivity index (χ0v) is 25.2. The van der Waals surface area contributed by atoms with E-state index in [2.05, 4.69) is 26.1 Å². The Bertz CT molecular complexity index is 1650. The first kappa shape index (κ1) is 30.6. The van der Waals surface area contributed by atoms with Crippen molar-refractivity contribution >= 4 is 39.0 Å². The minimum atomic E-state index is -4.30. The van der Waals surface area contributed by atoms with Crippen LogP contribution < -0.4 is 20.9 Å². The van der Waals surface area contributed by atoms with Crippen LogP contribution in [0, 0.1) is 11.6 Å². The lowest BCUT2D eigenvalue weighted by molar-refractivity contribution is -0.118. The van der Waals surface area contributed by atoms with Gasteiger partial charge in [-0.05, 0) is 49.7 Å². The maximum absolute atomic E-state index is 13.9. The molecule has 1 saturated heterocycles. The van der Waals surface area contributed by atoms with E-state index in [9.17, 15) is 26.8 Å². The first-order valence-corrected chi connectivity index (χ1v) is 15.4. The predicted octanol–water partition coefficient (Wildman–Crippen LogP) is 3.57. The summed E-state index contributed by atoms with van der Waals surface area (Å²) in [6.45, 7) is 4.16. The van der Waals surface area contributed by atoms with Gasteiger partial charge in [0.15, 0.2) is 5.82 Å². The molecule has 5 rings (SSSR count). The van der Waals surface area contributed by atoms with Crippen molar-refractivity contribution in [2.24, 2.45) is 0 Å². The van der Waals surface area contributed by atoms with Crippen LogP contribution in [0.5, 0.6) is 0 Å². The van der Waals surface area contributed by atoms with Crippen molar-refractivity contribution in [3.05, 3.63) is 64.9 Å². The van der Waals surface area contributed by atoms with Crippen molar-refractivity contribution in [1.29, 1.82) is 0 Å². The van der Waals surface area contributed by atoms with Crippen LogP contribution in [-0.4, -0.2) is 68.0 Å². The number of H-pyrrole nitrogens is 1. The summed E-state index contributed by atoms with van der Waals surface area (Å²) in [5, 5.41) is 16.1. The van der Waals surface area contributed by atoms with E-state index in [4.69, 9.17) is 0 Å². The third kappa shape index (κ3) is 6.26. The Hall–Kier alpha value is -3.88. The van der Waals surface area contributed by atoms with Gasteiger partial charge in [-0.3, -0.25) is 14.7 Å². The molecule has 11 nitrogen and oxygen atoms in total. The highest BCUT2D eigenvalue weighted by molar-refractivity contribution is 7.89. The molecule has 3 heterocycles. The van der Waals surface area contributed by atoms with Gasteiger partial charge < -0.3 is 20.9 Å². The highest BCUT2D eigenvalue weighted by Crippen LogP contribution is 2.38. The number of aromatic amines is 1. The predicted molar refractivity (Wildman–Crippen MR) is 159 cm³/mol. The molecular weight excluding hydrogens is 580 g/mol. The number of hydrogen-bond acceptors (Lipinski definition) is 7. The van der Waals surface area contributed by atoms with Crippen LogP contribution in [0.15, 0.2) is 41.3 Å². The summed E-state index contributed by atoms with van der Waals surface area (Å²) in [6, 6.07) is 6.85. The van der Waals surface area contributed by atoms with Crippen LogP contribution in [0.2, 0.25) is 0 Å². The Kier molecular flexibility index (Phi) is 8.29. The second-order valence-corrected chi connectivity index (χ2v) is 13.7. The number of carbonyl (C=O) groups is 2. The molecule has 1 unspecified atom stereocenters. The van der Waals surface area contributed by atoms with E-state index in [-0.39, 0.29) is 36.4 Å². The number of nitrogens with zero attached hydrogens (tertiary/aromatic N) is 3. The van der Waals surface area contributed by atoms with E-state index >= 15 is 0 Å². The molecule has 230 valence electrons. The summed E-state index contributed by atoms with van der Waals surface area (Å²) < 4.78 is 55.8. The summed E-state index contributed by atoms with van der Waals surface area (Å²) in [5.41, 5.74) is 1.56. The second kappa shape index (κ2) is 11.7. The molecule has 1 fully saturated rings. The van der Waals surface area contributed by atoms with E-state index in [1.807, 2.05) is 19.0 Å². The zero-order chi connectivity index (χ0) is 31.1. The monoisotopic (exact) mass is 615 g/mol.